The van der Waals surface area contributed by atoms with Gasteiger partial charge in [0.05, 0.1) is 50.5 Å². The third-order valence-corrected chi connectivity index (χ3v) is 8.16. The average molecular weight is 636 g/mol. The van der Waals surface area contributed by atoms with Crippen molar-refractivity contribution in [1.82, 2.24) is 25.1 Å². The van der Waals surface area contributed by atoms with Gasteiger partial charge in [0.1, 0.15) is 23.6 Å². The number of aliphatic imine (C=N–C) groups is 1. The van der Waals surface area contributed by atoms with Gasteiger partial charge in [0, 0.05) is 36.8 Å². The van der Waals surface area contributed by atoms with Crippen LogP contribution >= 0.6 is 11.8 Å². The SMILES string of the molecule is C1COCCN1.CCSCCOc1nn(C2CCCCC2)cc1Nc1ncc(-c2ccc(C#N)c(O[C@@H](C)CN=CN)c2)cn1. The molecule has 1 saturated carbocycles. The minimum absolute atomic E-state index is 0.235. The molecule has 0 radical (unpaired) electrons. The van der Waals surface area contributed by atoms with Gasteiger partial charge >= 0.3 is 0 Å². The van der Waals surface area contributed by atoms with Crippen molar-refractivity contribution in [3.63, 3.8) is 0 Å². The van der Waals surface area contributed by atoms with Gasteiger partial charge in [-0.15, -0.1) is 5.10 Å². The topological polar surface area (TPSA) is 158 Å². The van der Waals surface area contributed by atoms with Crippen LogP contribution in [0.25, 0.3) is 11.1 Å². The molecule has 2 aromatic heterocycles. The number of hydrogen-bond acceptors (Lipinski definition) is 11. The Morgan fingerprint density at radius 3 is 2.64 bits per heavy atom. The molecule has 1 atom stereocenters. The third-order valence-electron chi connectivity index (χ3n) is 7.29. The zero-order valence-corrected chi connectivity index (χ0v) is 27.1. The summed E-state index contributed by atoms with van der Waals surface area (Å²) in [7, 11) is 0. The molecule has 1 aliphatic carbocycles. The number of hydrogen-bond donors (Lipinski definition) is 3. The van der Waals surface area contributed by atoms with E-state index in [-0.39, 0.29) is 6.10 Å². The summed E-state index contributed by atoms with van der Waals surface area (Å²) in [6, 6.07) is 7.97. The molecule has 2 fully saturated rings. The van der Waals surface area contributed by atoms with Crippen molar-refractivity contribution in [2.75, 3.05) is 56.3 Å². The van der Waals surface area contributed by atoms with Crippen molar-refractivity contribution in [1.29, 1.82) is 5.26 Å². The van der Waals surface area contributed by atoms with Gasteiger partial charge in [-0.3, -0.25) is 9.67 Å². The van der Waals surface area contributed by atoms with E-state index < -0.39 is 0 Å². The first kappa shape index (κ1) is 34.0. The molecular formula is C32H45N9O3S. The number of morpholine rings is 1. The molecular weight excluding hydrogens is 590 g/mol. The van der Waals surface area contributed by atoms with Gasteiger partial charge in [0.2, 0.25) is 5.95 Å². The van der Waals surface area contributed by atoms with E-state index >= 15 is 0 Å². The summed E-state index contributed by atoms with van der Waals surface area (Å²) >= 11 is 1.84. The van der Waals surface area contributed by atoms with Gasteiger partial charge in [0.15, 0.2) is 0 Å². The fourth-order valence-corrected chi connectivity index (χ4v) is 5.46. The van der Waals surface area contributed by atoms with E-state index in [1.54, 1.807) is 18.5 Å². The molecule has 0 unspecified atom stereocenters. The van der Waals surface area contributed by atoms with Crippen LogP contribution in [0.4, 0.5) is 11.6 Å². The van der Waals surface area contributed by atoms with E-state index in [0.29, 0.717) is 42.3 Å². The lowest BCUT2D eigenvalue weighted by Gasteiger charge is -2.21. The molecule has 3 heterocycles. The van der Waals surface area contributed by atoms with Crippen LogP contribution in [0.15, 0.2) is 41.8 Å². The van der Waals surface area contributed by atoms with Crippen molar-refractivity contribution in [3.05, 3.63) is 42.4 Å². The van der Waals surface area contributed by atoms with Gasteiger partial charge in [-0.1, -0.05) is 32.3 Å². The molecule has 0 bridgehead atoms. The van der Waals surface area contributed by atoms with Crippen LogP contribution in [0.3, 0.4) is 0 Å². The van der Waals surface area contributed by atoms with Gasteiger partial charge in [-0.2, -0.15) is 17.0 Å². The largest absolute Gasteiger partial charge is 0.487 e. The molecule has 45 heavy (non-hydrogen) atoms. The molecule has 0 spiro atoms. The molecule has 242 valence electrons. The maximum atomic E-state index is 9.50. The number of nitrogens with zero attached hydrogens (tertiary/aromatic N) is 6. The van der Waals surface area contributed by atoms with E-state index in [9.17, 15) is 5.26 Å². The highest BCUT2D eigenvalue weighted by atomic mass is 32.2. The van der Waals surface area contributed by atoms with Gasteiger partial charge in [0.25, 0.3) is 5.88 Å². The predicted octanol–water partition coefficient (Wildman–Crippen LogP) is 4.95. The predicted molar refractivity (Wildman–Crippen MR) is 180 cm³/mol. The molecule has 1 saturated heterocycles. The fraction of sp³-hybridized carbons (Fsp3) is 0.531. The summed E-state index contributed by atoms with van der Waals surface area (Å²) in [5.74, 6) is 3.47. The second-order valence-electron chi connectivity index (χ2n) is 10.7. The lowest BCUT2D eigenvalue weighted by molar-refractivity contribution is 0.109. The first-order valence-electron chi connectivity index (χ1n) is 15.7. The van der Waals surface area contributed by atoms with E-state index in [1.165, 1.54) is 25.6 Å². The van der Waals surface area contributed by atoms with Crippen LogP contribution in [0.2, 0.25) is 0 Å². The minimum Gasteiger partial charge on any atom is -0.487 e. The Balaban J connectivity index is 0.000000687. The Morgan fingerprint density at radius 1 is 1.22 bits per heavy atom. The number of nitrogens with two attached hydrogens (primary N) is 1. The van der Waals surface area contributed by atoms with Crippen LogP contribution in [-0.2, 0) is 4.74 Å². The van der Waals surface area contributed by atoms with Crippen molar-refractivity contribution in [2.24, 2.45) is 10.7 Å². The first-order valence-corrected chi connectivity index (χ1v) is 16.8. The van der Waals surface area contributed by atoms with Crippen LogP contribution in [-0.4, -0.2) is 83.2 Å². The molecule has 4 N–H and O–H groups in total. The quantitative estimate of drug-likeness (QED) is 0.133. The second kappa shape index (κ2) is 18.8. The minimum atomic E-state index is -0.235. The van der Waals surface area contributed by atoms with Gasteiger partial charge < -0.3 is 30.6 Å². The number of aromatic nitrogens is 4. The Hall–Kier alpha value is -3.86. The van der Waals surface area contributed by atoms with E-state index in [0.717, 1.165) is 67.5 Å². The Bertz CT molecular complexity index is 1360. The van der Waals surface area contributed by atoms with Crippen LogP contribution in [0.5, 0.6) is 11.6 Å². The molecule has 1 aromatic carbocycles. The van der Waals surface area contributed by atoms with Crippen LogP contribution in [0.1, 0.15) is 57.6 Å². The zero-order valence-electron chi connectivity index (χ0n) is 26.3. The molecule has 5 rings (SSSR count). The molecule has 0 amide bonds. The lowest BCUT2D eigenvalue weighted by atomic mass is 9.96. The van der Waals surface area contributed by atoms with Crippen molar-refractivity contribution < 1.29 is 14.2 Å². The third kappa shape index (κ3) is 10.9. The summed E-state index contributed by atoms with van der Waals surface area (Å²) in [5.41, 5.74) is 8.18. The van der Waals surface area contributed by atoms with Crippen molar-refractivity contribution in [3.8, 4) is 28.8 Å². The highest BCUT2D eigenvalue weighted by molar-refractivity contribution is 7.99. The molecule has 3 aromatic rings. The summed E-state index contributed by atoms with van der Waals surface area (Å²) in [6.45, 7) is 8.84. The lowest BCUT2D eigenvalue weighted by Crippen LogP contribution is -2.30. The van der Waals surface area contributed by atoms with Crippen LogP contribution < -0.4 is 25.8 Å². The Labute approximate surface area is 270 Å². The smallest absolute Gasteiger partial charge is 0.256 e. The summed E-state index contributed by atoms with van der Waals surface area (Å²) in [6.07, 6.45) is 12.5. The number of ether oxygens (including phenoxy) is 3. The molecule has 1 aliphatic heterocycles. The van der Waals surface area contributed by atoms with E-state index in [2.05, 4.69) is 38.6 Å². The number of nitrogens with one attached hydrogen (secondary N) is 2. The molecule has 13 heteroatoms. The maximum absolute atomic E-state index is 9.50. The number of thioether (sulfide) groups is 1. The highest BCUT2D eigenvalue weighted by Gasteiger charge is 2.20. The van der Waals surface area contributed by atoms with E-state index in [4.69, 9.17) is 25.0 Å². The summed E-state index contributed by atoms with van der Waals surface area (Å²) in [5, 5.41) is 20.7. The molecule has 12 nitrogen and oxygen atoms in total. The number of benzene rings is 1. The number of nitriles is 1. The van der Waals surface area contributed by atoms with Gasteiger partial charge in [-0.25, -0.2) is 9.97 Å². The van der Waals surface area contributed by atoms with Crippen LogP contribution in [0, 0.1) is 11.3 Å². The monoisotopic (exact) mass is 635 g/mol. The average Bonchev–Trinajstić information content (AvgIpc) is 3.49. The second-order valence-corrected chi connectivity index (χ2v) is 12.1. The number of anilines is 2. The van der Waals surface area contributed by atoms with Crippen molar-refractivity contribution >= 4 is 29.7 Å². The van der Waals surface area contributed by atoms with E-state index in [1.807, 2.05) is 41.7 Å². The molecule has 2 aliphatic rings. The summed E-state index contributed by atoms with van der Waals surface area (Å²) < 4.78 is 19.0. The zero-order chi connectivity index (χ0) is 31.7. The fourth-order valence-electron chi connectivity index (χ4n) is 4.97. The van der Waals surface area contributed by atoms with Gasteiger partial charge in [-0.05, 0) is 43.2 Å². The Morgan fingerprint density at radius 2 is 2.00 bits per heavy atom. The normalized spacial score (nSPS) is 15.9. The van der Waals surface area contributed by atoms with Crippen molar-refractivity contribution in [2.45, 2.75) is 58.1 Å². The maximum Gasteiger partial charge on any atom is 0.256 e. The first-order chi connectivity index (χ1) is 22.1. The standard InChI is InChI=1S/C28H36N8O2S.C4H9NO/c1-3-39-12-11-37-27-25(18-36(35-27)24-7-5-4-6-8-24)34-28-32-16-23(17-33-28)21-9-10-22(14-29)26(13-21)38-20(2)15-31-19-30;1-3-6-4-2-5-1/h9-10,13,16-20,24H,3-8,11-12,15H2,1-2H3,(H2,30,31)(H,32,33,34);5H,1-4H2/t20-;/m0./s1. The number of rotatable bonds is 13. The summed E-state index contributed by atoms with van der Waals surface area (Å²) in [4.78, 5) is 13.1. The Kier molecular flexibility index (Phi) is 14.2. The highest BCUT2D eigenvalue weighted by Crippen LogP contribution is 2.33.